The molecule has 20 heavy (non-hydrogen) atoms. The van der Waals surface area contributed by atoms with Gasteiger partial charge in [-0.15, -0.1) is 11.3 Å². The normalized spacial score (nSPS) is 24.1. The Morgan fingerprint density at radius 1 is 1.40 bits per heavy atom. The van der Waals surface area contributed by atoms with Gasteiger partial charge in [0.25, 0.3) is 5.91 Å². The number of rotatable bonds is 5. The van der Waals surface area contributed by atoms with Crippen LogP contribution in [0.4, 0.5) is 0 Å². The van der Waals surface area contributed by atoms with E-state index in [2.05, 4.69) is 18.7 Å². The molecule has 1 amide bonds. The molecule has 1 aromatic heterocycles. The SMILES string of the molecule is COCCCN1C(C)CN(C(=O)c2cccs2)CC1C. The minimum absolute atomic E-state index is 0.176. The van der Waals surface area contributed by atoms with Crippen LogP contribution < -0.4 is 0 Å². The molecule has 0 bridgehead atoms. The van der Waals surface area contributed by atoms with Crippen molar-refractivity contribution in [3.63, 3.8) is 0 Å². The largest absolute Gasteiger partial charge is 0.385 e. The molecule has 0 radical (unpaired) electrons. The fourth-order valence-electron chi connectivity index (χ4n) is 2.91. The summed E-state index contributed by atoms with van der Waals surface area (Å²) in [6.07, 6.45) is 1.05. The summed E-state index contributed by atoms with van der Waals surface area (Å²) < 4.78 is 5.12. The van der Waals surface area contributed by atoms with Gasteiger partial charge in [0, 0.05) is 45.4 Å². The maximum atomic E-state index is 12.4. The van der Waals surface area contributed by atoms with E-state index < -0.39 is 0 Å². The van der Waals surface area contributed by atoms with E-state index in [9.17, 15) is 4.79 Å². The van der Waals surface area contributed by atoms with E-state index >= 15 is 0 Å². The number of ether oxygens (including phenoxy) is 1. The fraction of sp³-hybridized carbons (Fsp3) is 0.667. The van der Waals surface area contributed by atoms with Crippen LogP contribution in [0, 0.1) is 0 Å². The highest BCUT2D eigenvalue weighted by Gasteiger charge is 2.31. The van der Waals surface area contributed by atoms with Gasteiger partial charge in [0.2, 0.25) is 0 Å². The summed E-state index contributed by atoms with van der Waals surface area (Å²) >= 11 is 1.52. The number of methoxy groups -OCH3 is 1. The van der Waals surface area contributed by atoms with E-state index in [1.165, 1.54) is 11.3 Å². The second-order valence-corrected chi connectivity index (χ2v) is 6.42. The van der Waals surface area contributed by atoms with Gasteiger partial charge in [0.15, 0.2) is 0 Å². The third kappa shape index (κ3) is 3.59. The molecule has 1 aromatic rings. The molecule has 112 valence electrons. The van der Waals surface area contributed by atoms with E-state index in [0.29, 0.717) is 12.1 Å². The average molecular weight is 296 g/mol. The third-order valence-electron chi connectivity index (χ3n) is 3.89. The number of hydrogen-bond donors (Lipinski definition) is 0. The van der Waals surface area contributed by atoms with Crippen molar-refractivity contribution >= 4 is 17.2 Å². The van der Waals surface area contributed by atoms with Crippen LogP contribution in [0.2, 0.25) is 0 Å². The maximum Gasteiger partial charge on any atom is 0.264 e. The van der Waals surface area contributed by atoms with Crippen molar-refractivity contribution in [1.29, 1.82) is 0 Å². The predicted molar refractivity (Wildman–Crippen MR) is 82.3 cm³/mol. The van der Waals surface area contributed by atoms with Crippen LogP contribution in [0.15, 0.2) is 17.5 Å². The Morgan fingerprint density at radius 3 is 2.65 bits per heavy atom. The van der Waals surface area contributed by atoms with Crippen molar-refractivity contribution < 1.29 is 9.53 Å². The highest BCUT2D eigenvalue weighted by molar-refractivity contribution is 7.12. The van der Waals surface area contributed by atoms with Crippen molar-refractivity contribution in [2.75, 3.05) is 33.4 Å². The first kappa shape index (κ1) is 15.5. The molecule has 0 aromatic carbocycles. The van der Waals surface area contributed by atoms with Crippen molar-refractivity contribution in [1.82, 2.24) is 9.80 Å². The van der Waals surface area contributed by atoms with Gasteiger partial charge < -0.3 is 9.64 Å². The molecule has 0 saturated carbocycles. The summed E-state index contributed by atoms with van der Waals surface area (Å²) in [5.41, 5.74) is 0. The smallest absolute Gasteiger partial charge is 0.264 e. The monoisotopic (exact) mass is 296 g/mol. The van der Waals surface area contributed by atoms with Crippen LogP contribution in [0.5, 0.6) is 0 Å². The number of amides is 1. The zero-order chi connectivity index (χ0) is 14.5. The summed E-state index contributed by atoms with van der Waals surface area (Å²) in [5.74, 6) is 0.176. The number of carbonyl (C=O) groups is 1. The van der Waals surface area contributed by atoms with E-state index in [1.807, 2.05) is 22.4 Å². The second kappa shape index (κ2) is 7.20. The van der Waals surface area contributed by atoms with Gasteiger partial charge in [-0.05, 0) is 31.7 Å². The Hall–Kier alpha value is -0.910. The molecular weight excluding hydrogens is 272 g/mol. The maximum absolute atomic E-state index is 12.4. The summed E-state index contributed by atoms with van der Waals surface area (Å²) in [7, 11) is 1.74. The molecule has 2 unspecified atom stereocenters. The molecule has 0 N–H and O–H groups in total. The Kier molecular flexibility index (Phi) is 5.57. The first-order chi connectivity index (χ1) is 9.63. The topological polar surface area (TPSA) is 32.8 Å². The van der Waals surface area contributed by atoms with Gasteiger partial charge >= 0.3 is 0 Å². The van der Waals surface area contributed by atoms with Crippen molar-refractivity contribution in [3.05, 3.63) is 22.4 Å². The molecule has 1 saturated heterocycles. The Labute approximate surface area is 125 Å². The summed E-state index contributed by atoms with van der Waals surface area (Å²) in [6.45, 7) is 7.88. The van der Waals surface area contributed by atoms with Crippen molar-refractivity contribution in [3.8, 4) is 0 Å². The molecular formula is C15H24N2O2S. The average Bonchev–Trinajstić information content (AvgIpc) is 2.95. The minimum atomic E-state index is 0.176. The molecule has 5 heteroatoms. The zero-order valence-electron chi connectivity index (χ0n) is 12.5. The molecule has 1 aliphatic rings. The van der Waals surface area contributed by atoms with Crippen molar-refractivity contribution in [2.24, 2.45) is 0 Å². The van der Waals surface area contributed by atoms with Gasteiger partial charge in [-0.1, -0.05) is 6.07 Å². The van der Waals surface area contributed by atoms with Crippen LogP contribution >= 0.6 is 11.3 Å². The lowest BCUT2D eigenvalue weighted by atomic mass is 10.1. The number of thiophene rings is 1. The standard InChI is InChI=1S/C15H24N2O2S/c1-12-10-16(15(18)14-6-4-9-20-14)11-13(2)17(12)7-5-8-19-3/h4,6,9,12-13H,5,7-8,10-11H2,1-3H3. The van der Waals surface area contributed by atoms with Gasteiger partial charge in [0.1, 0.15) is 0 Å². The lowest BCUT2D eigenvalue weighted by Crippen LogP contribution is -2.58. The zero-order valence-corrected chi connectivity index (χ0v) is 13.4. The molecule has 1 fully saturated rings. The van der Waals surface area contributed by atoms with Crippen LogP contribution in [-0.4, -0.2) is 61.1 Å². The molecule has 4 nitrogen and oxygen atoms in total. The molecule has 1 aliphatic heterocycles. The summed E-state index contributed by atoms with van der Waals surface area (Å²) in [4.78, 5) is 17.7. The summed E-state index contributed by atoms with van der Waals surface area (Å²) in [6, 6.07) is 4.65. The van der Waals surface area contributed by atoms with E-state index in [-0.39, 0.29) is 5.91 Å². The third-order valence-corrected chi connectivity index (χ3v) is 4.74. The van der Waals surface area contributed by atoms with Crippen LogP contribution in [0.3, 0.4) is 0 Å². The fourth-order valence-corrected chi connectivity index (χ4v) is 3.60. The number of carbonyl (C=O) groups excluding carboxylic acids is 1. The lowest BCUT2D eigenvalue weighted by molar-refractivity contribution is 0.0273. The second-order valence-electron chi connectivity index (χ2n) is 5.47. The predicted octanol–water partition coefficient (Wildman–Crippen LogP) is 2.32. The molecule has 2 heterocycles. The van der Waals surface area contributed by atoms with E-state index in [1.54, 1.807) is 7.11 Å². The van der Waals surface area contributed by atoms with Gasteiger partial charge in [-0.2, -0.15) is 0 Å². The number of piperazine rings is 1. The quantitative estimate of drug-likeness (QED) is 0.782. The Morgan fingerprint density at radius 2 is 2.10 bits per heavy atom. The number of nitrogens with zero attached hydrogens (tertiary/aromatic N) is 2. The lowest BCUT2D eigenvalue weighted by Gasteiger charge is -2.44. The molecule has 0 spiro atoms. The highest BCUT2D eigenvalue weighted by Crippen LogP contribution is 2.20. The Balaban J connectivity index is 1.93. The first-order valence-corrected chi connectivity index (χ1v) is 8.09. The van der Waals surface area contributed by atoms with Gasteiger partial charge in [0.05, 0.1) is 4.88 Å². The van der Waals surface area contributed by atoms with E-state index in [0.717, 1.165) is 37.5 Å². The summed E-state index contributed by atoms with van der Waals surface area (Å²) in [5, 5.41) is 1.96. The Bertz CT molecular complexity index is 410. The first-order valence-electron chi connectivity index (χ1n) is 7.21. The van der Waals surface area contributed by atoms with Crippen molar-refractivity contribution in [2.45, 2.75) is 32.4 Å². The van der Waals surface area contributed by atoms with Crippen LogP contribution in [-0.2, 0) is 4.74 Å². The van der Waals surface area contributed by atoms with Gasteiger partial charge in [-0.25, -0.2) is 0 Å². The molecule has 2 atom stereocenters. The molecule has 0 aliphatic carbocycles. The van der Waals surface area contributed by atoms with Crippen LogP contribution in [0.1, 0.15) is 29.9 Å². The minimum Gasteiger partial charge on any atom is -0.385 e. The van der Waals surface area contributed by atoms with Gasteiger partial charge in [-0.3, -0.25) is 9.69 Å². The van der Waals surface area contributed by atoms with Crippen LogP contribution in [0.25, 0.3) is 0 Å². The van der Waals surface area contributed by atoms with E-state index in [4.69, 9.17) is 4.74 Å². The number of hydrogen-bond acceptors (Lipinski definition) is 4. The molecule has 2 rings (SSSR count). The highest BCUT2D eigenvalue weighted by atomic mass is 32.1.